The van der Waals surface area contributed by atoms with Gasteiger partial charge in [0, 0.05) is 26.7 Å². The number of aliphatic hydroxyl groups excluding tert-OH is 1. The van der Waals surface area contributed by atoms with Crippen LogP contribution in [0.2, 0.25) is 0 Å². The Kier molecular flexibility index (Phi) is 9.05. The number of rotatable bonds is 8. The van der Waals surface area contributed by atoms with Crippen molar-refractivity contribution in [2.75, 3.05) is 26.7 Å². The summed E-state index contributed by atoms with van der Waals surface area (Å²) in [5.74, 6) is 1.99. The van der Waals surface area contributed by atoms with Crippen LogP contribution >= 0.6 is 0 Å². The number of allylic oxidation sites excluding steroid dienone is 1. The summed E-state index contributed by atoms with van der Waals surface area (Å²) in [5.41, 5.74) is -0.0883. The lowest BCUT2D eigenvalue weighted by molar-refractivity contribution is -0.0642. The van der Waals surface area contributed by atoms with Gasteiger partial charge in [0.2, 0.25) is 0 Å². The molecule has 3 aliphatic carbocycles. The second kappa shape index (κ2) is 11.3. The van der Waals surface area contributed by atoms with Crippen LogP contribution < -0.4 is 10.6 Å². The standard InChI is InChI=1S/C26H47N3O3/c1-19(20-8-5-4-6-9-20)21-10-12-25(2,31)22-11-13-26(32,23(22)18-21)14-16-29-24(27-3)28-15-7-17-30/h20-23,30-32H,1,4-18H2,2-3H3,(H2,27,28,29)/t21-,22-,23-,25+,26+/m0/s1. The van der Waals surface area contributed by atoms with Crippen molar-refractivity contribution >= 4 is 5.96 Å². The Morgan fingerprint density at radius 3 is 2.38 bits per heavy atom. The highest BCUT2D eigenvalue weighted by Crippen LogP contribution is 2.54. The predicted molar refractivity (Wildman–Crippen MR) is 131 cm³/mol. The molecule has 0 aromatic heterocycles. The van der Waals surface area contributed by atoms with Gasteiger partial charge in [-0.25, -0.2) is 0 Å². The Labute approximate surface area is 195 Å². The first-order chi connectivity index (χ1) is 15.3. The van der Waals surface area contributed by atoms with E-state index >= 15 is 0 Å². The van der Waals surface area contributed by atoms with Gasteiger partial charge in [0.25, 0.3) is 0 Å². The van der Waals surface area contributed by atoms with E-state index in [0.29, 0.717) is 43.7 Å². The molecule has 3 fully saturated rings. The minimum atomic E-state index is -0.763. The summed E-state index contributed by atoms with van der Waals surface area (Å²) >= 11 is 0. The number of hydrogen-bond donors (Lipinski definition) is 5. The lowest BCUT2D eigenvalue weighted by Gasteiger charge is -2.38. The molecule has 0 heterocycles. The SMILES string of the molecule is C=C(C1CCCCC1)[C@H]1CC[C@@](C)(O)[C@H]2CC[C@@](O)(CCNC(=NC)NCCCO)[C@H]2C1. The maximum Gasteiger partial charge on any atom is 0.190 e. The van der Waals surface area contributed by atoms with Crippen molar-refractivity contribution in [2.24, 2.45) is 28.7 Å². The molecule has 5 atom stereocenters. The summed E-state index contributed by atoms with van der Waals surface area (Å²) in [6, 6.07) is 0. The van der Waals surface area contributed by atoms with E-state index in [1.165, 1.54) is 37.7 Å². The van der Waals surface area contributed by atoms with Gasteiger partial charge in [0.1, 0.15) is 0 Å². The molecule has 0 aliphatic heterocycles. The van der Waals surface area contributed by atoms with Crippen molar-refractivity contribution in [3.63, 3.8) is 0 Å². The Bertz CT molecular complexity index is 644. The minimum absolute atomic E-state index is 0.108. The van der Waals surface area contributed by atoms with Gasteiger partial charge in [0.05, 0.1) is 11.2 Å². The van der Waals surface area contributed by atoms with Crippen molar-refractivity contribution in [3.8, 4) is 0 Å². The molecule has 3 aliphatic rings. The first-order valence-electron chi connectivity index (χ1n) is 13.0. The first-order valence-corrected chi connectivity index (χ1v) is 13.0. The van der Waals surface area contributed by atoms with E-state index in [4.69, 9.17) is 5.11 Å². The Morgan fingerprint density at radius 2 is 1.69 bits per heavy atom. The lowest BCUT2D eigenvalue weighted by atomic mass is 9.72. The maximum atomic E-state index is 11.8. The molecule has 0 aromatic rings. The molecule has 3 saturated carbocycles. The zero-order valence-electron chi connectivity index (χ0n) is 20.4. The number of guanidine groups is 1. The van der Waals surface area contributed by atoms with Crippen LogP contribution in [-0.2, 0) is 0 Å². The van der Waals surface area contributed by atoms with Gasteiger partial charge in [-0.05, 0) is 88.4 Å². The summed E-state index contributed by atoms with van der Waals surface area (Å²) in [5, 5.41) is 38.6. The van der Waals surface area contributed by atoms with E-state index in [-0.39, 0.29) is 18.4 Å². The Morgan fingerprint density at radius 1 is 0.969 bits per heavy atom. The quantitative estimate of drug-likeness (QED) is 0.169. The van der Waals surface area contributed by atoms with Crippen molar-refractivity contribution in [1.29, 1.82) is 0 Å². The van der Waals surface area contributed by atoms with Crippen molar-refractivity contribution in [1.82, 2.24) is 10.6 Å². The second-order valence-corrected chi connectivity index (χ2v) is 10.8. The summed E-state index contributed by atoms with van der Waals surface area (Å²) < 4.78 is 0. The van der Waals surface area contributed by atoms with Crippen LogP contribution in [-0.4, -0.2) is 59.2 Å². The van der Waals surface area contributed by atoms with Crippen LogP contribution in [0.1, 0.15) is 84.0 Å². The summed E-state index contributed by atoms with van der Waals surface area (Å²) in [6.45, 7) is 8.01. The van der Waals surface area contributed by atoms with Crippen LogP contribution in [0.4, 0.5) is 0 Å². The summed E-state index contributed by atoms with van der Waals surface area (Å²) in [7, 11) is 1.73. The molecule has 5 N–H and O–H groups in total. The monoisotopic (exact) mass is 449 g/mol. The molecule has 0 amide bonds. The molecule has 0 aromatic carbocycles. The molecule has 0 saturated heterocycles. The third-order valence-electron chi connectivity index (χ3n) is 8.76. The van der Waals surface area contributed by atoms with Crippen LogP contribution in [0.15, 0.2) is 17.1 Å². The zero-order chi connectivity index (χ0) is 23.2. The van der Waals surface area contributed by atoms with Crippen molar-refractivity contribution < 1.29 is 15.3 Å². The maximum absolute atomic E-state index is 11.8. The normalized spacial score (nSPS) is 36.4. The number of hydrogen-bond acceptors (Lipinski definition) is 4. The van der Waals surface area contributed by atoms with E-state index in [9.17, 15) is 10.2 Å². The largest absolute Gasteiger partial charge is 0.396 e. The fourth-order valence-electron chi connectivity index (χ4n) is 6.73. The zero-order valence-corrected chi connectivity index (χ0v) is 20.4. The third-order valence-corrected chi connectivity index (χ3v) is 8.76. The number of aliphatic hydroxyl groups is 3. The molecule has 32 heavy (non-hydrogen) atoms. The van der Waals surface area contributed by atoms with Gasteiger partial charge in [-0.15, -0.1) is 0 Å². The minimum Gasteiger partial charge on any atom is -0.396 e. The molecular weight excluding hydrogens is 402 g/mol. The first kappa shape index (κ1) is 25.5. The molecule has 0 radical (unpaired) electrons. The van der Waals surface area contributed by atoms with Gasteiger partial charge in [0.15, 0.2) is 5.96 Å². The highest BCUT2D eigenvalue weighted by atomic mass is 16.3. The molecule has 0 unspecified atom stereocenters. The number of fused-ring (bicyclic) bond motifs is 1. The Hall–Kier alpha value is -1.11. The summed E-state index contributed by atoms with van der Waals surface area (Å²) in [6.07, 6.45) is 12.2. The Balaban J connectivity index is 1.65. The molecule has 6 nitrogen and oxygen atoms in total. The molecular formula is C26H47N3O3. The molecule has 0 bridgehead atoms. The van der Waals surface area contributed by atoms with Gasteiger partial charge < -0.3 is 26.0 Å². The topological polar surface area (TPSA) is 97.1 Å². The van der Waals surface area contributed by atoms with Gasteiger partial charge in [-0.3, -0.25) is 4.99 Å². The highest BCUT2D eigenvalue weighted by Gasteiger charge is 2.54. The van der Waals surface area contributed by atoms with E-state index in [1.54, 1.807) is 7.05 Å². The number of aliphatic imine (C=N–C) groups is 1. The van der Waals surface area contributed by atoms with Gasteiger partial charge >= 0.3 is 0 Å². The molecule has 3 rings (SSSR count). The fraction of sp³-hybridized carbons (Fsp3) is 0.885. The molecule has 184 valence electrons. The number of nitrogens with one attached hydrogen (secondary N) is 2. The second-order valence-electron chi connectivity index (χ2n) is 10.8. The van der Waals surface area contributed by atoms with Gasteiger partial charge in [-0.1, -0.05) is 31.4 Å². The van der Waals surface area contributed by atoms with E-state index < -0.39 is 11.2 Å². The highest BCUT2D eigenvalue weighted by molar-refractivity contribution is 5.79. The molecule has 6 heteroatoms. The molecule has 0 spiro atoms. The lowest BCUT2D eigenvalue weighted by Crippen LogP contribution is -2.45. The van der Waals surface area contributed by atoms with E-state index in [0.717, 1.165) is 32.1 Å². The average Bonchev–Trinajstić information content (AvgIpc) is 3.04. The van der Waals surface area contributed by atoms with Crippen molar-refractivity contribution in [3.05, 3.63) is 12.2 Å². The van der Waals surface area contributed by atoms with Gasteiger partial charge in [-0.2, -0.15) is 0 Å². The van der Waals surface area contributed by atoms with Crippen LogP contribution in [0.5, 0.6) is 0 Å². The average molecular weight is 450 g/mol. The van der Waals surface area contributed by atoms with E-state index in [2.05, 4.69) is 22.2 Å². The number of nitrogens with zero attached hydrogens (tertiary/aromatic N) is 1. The predicted octanol–water partition coefficient (Wildman–Crippen LogP) is 3.37. The smallest absolute Gasteiger partial charge is 0.190 e. The third kappa shape index (κ3) is 6.06. The van der Waals surface area contributed by atoms with Crippen LogP contribution in [0.25, 0.3) is 0 Å². The van der Waals surface area contributed by atoms with Crippen LogP contribution in [0, 0.1) is 23.7 Å². The van der Waals surface area contributed by atoms with Crippen molar-refractivity contribution in [2.45, 2.75) is 95.2 Å². The summed E-state index contributed by atoms with van der Waals surface area (Å²) in [4.78, 5) is 4.23. The van der Waals surface area contributed by atoms with E-state index in [1.807, 2.05) is 6.92 Å². The van der Waals surface area contributed by atoms with Crippen LogP contribution in [0.3, 0.4) is 0 Å². The fourth-order valence-corrected chi connectivity index (χ4v) is 6.73.